The van der Waals surface area contributed by atoms with E-state index in [1.165, 1.54) is 0 Å². The molecule has 1 N–H and O–H groups in total. The Bertz CT molecular complexity index is 815. The summed E-state index contributed by atoms with van der Waals surface area (Å²) in [6, 6.07) is 1.65. The zero-order chi connectivity index (χ0) is 22.6. The first-order valence-electron chi connectivity index (χ1n) is 10.4. The van der Waals surface area contributed by atoms with Crippen molar-refractivity contribution in [3.8, 4) is 5.88 Å². The number of aromatic nitrogens is 1. The molecule has 1 aliphatic heterocycles. The number of ether oxygens (including phenoxy) is 1. The summed E-state index contributed by atoms with van der Waals surface area (Å²) in [6.07, 6.45) is 6.12. The number of nitrogens with one attached hydrogen (secondary N) is 1. The minimum atomic E-state index is -3.41. The molecular weight excluding hydrogens is 486 g/mol. The Morgan fingerprint density at radius 3 is 2.70 bits per heavy atom. The number of rotatable bonds is 9. The molecule has 1 unspecified atom stereocenters. The van der Waals surface area contributed by atoms with E-state index in [-0.39, 0.29) is 5.04 Å². The second kappa shape index (κ2) is 10.3. The SMILES string of the molecule is CC(C)(C)[Si](C)(C)OC1CCCN(CCCOc2ncc(Br)cc2NS(C)(=O)=O)C1. The number of sulfonamides is 1. The maximum Gasteiger partial charge on any atom is 0.238 e. The third-order valence-corrected chi connectivity index (χ3v) is 11.3. The Kier molecular flexibility index (Phi) is 8.77. The number of likely N-dealkylation sites (tertiary alicyclic amines) is 1. The van der Waals surface area contributed by atoms with Crippen LogP contribution >= 0.6 is 15.9 Å². The lowest BCUT2D eigenvalue weighted by Crippen LogP contribution is -2.49. The van der Waals surface area contributed by atoms with Gasteiger partial charge in [0.25, 0.3) is 0 Å². The topological polar surface area (TPSA) is 80.8 Å². The lowest BCUT2D eigenvalue weighted by Gasteiger charge is -2.42. The van der Waals surface area contributed by atoms with Gasteiger partial charge in [0.05, 0.1) is 19.0 Å². The molecule has 172 valence electrons. The largest absolute Gasteiger partial charge is 0.476 e. The Morgan fingerprint density at radius 2 is 2.07 bits per heavy atom. The van der Waals surface area contributed by atoms with E-state index in [0.717, 1.165) is 45.2 Å². The van der Waals surface area contributed by atoms with Gasteiger partial charge in [-0.15, -0.1) is 0 Å². The molecule has 0 aliphatic carbocycles. The first-order valence-corrected chi connectivity index (χ1v) is 16.0. The number of halogens is 1. The van der Waals surface area contributed by atoms with Crippen LogP contribution < -0.4 is 9.46 Å². The van der Waals surface area contributed by atoms with E-state index >= 15 is 0 Å². The van der Waals surface area contributed by atoms with Crippen LogP contribution in [0, 0.1) is 0 Å². The van der Waals surface area contributed by atoms with Gasteiger partial charge >= 0.3 is 0 Å². The molecule has 0 saturated carbocycles. The summed E-state index contributed by atoms with van der Waals surface area (Å²) in [7, 11) is -5.16. The highest BCUT2D eigenvalue weighted by Gasteiger charge is 2.39. The quantitative estimate of drug-likeness (QED) is 0.381. The number of anilines is 1. The molecule has 7 nitrogen and oxygen atoms in total. The summed E-state index contributed by atoms with van der Waals surface area (Å²) in [5.74, 6) is 0.293. The molecule has 1 fully saturated rings. The molecule has 0 radical (unpaired) electrons. The number of pyridine rings is 1. The van der Waals surface area contributed by atoms with Gasteiger partial charge in [0.2, 0.25) is 15.9 Å². The van der Waals surface area contributed by atoms with E-state index in [1.807, 2.05) is 0 Å². The number of nitrogens with zero attached hydrogens (tertiary/aromatic N) is 2. The van der Waals surface area contributed by atoms with Crippen molar-refractivity contribution < 1.29 is 17.6 Å². The normalized spacial score (nSPS) is 19.0. The van der Waals surface area contributed by atoms with Gasteiger partial charge in [-0.25, -0.2) is 13.4 Å². The minimum Gasteiger partial charge on any atom is -0.476 e. The van der Waals surface area contributed by atoms with Crippen molar-refractivity contribution in [2.24, 2.45) is 0 Å². The number of hydrogen-bond acceptors (Lipinski definition) is 6. The molecule has 1 saturated heterocycles. The van der Waals surface area contributed by atoms with E-state index in [1.54, 1.807) is 12.3 Å². The summed E-state index contributed by atoms with van der Waals surface area (Å²) >= 11 is 3.31. The standard InChI is InChI=1S/C20H36BrN3O4SSi/c1-20(2,3)30(5,6)28-17-9-7-10-24(15-17)11-8-12-27-19-18(23-29(4,25)26)13-16(21)14-22-19/h13-14,17,23H,7-12,15H2,1-6H3. The summed E-state index contributed by atoms with van der Waals surface area (Å²) < 4.78 is 38.6. The maximum absolute atomic E-state index is 11.6. The average molecular weight is 523 g/mol. The van der Waals surface area contributed by atoms with Gasteiger partial charge in [0.1, 0.15) is 5.69 Å². The van der Waals surface area contributed by atoms with Crippen LogP contribution in [0.25, 0.3) is 0 Å². The van der Waals surface area contributed by atoms with Crippen molar-refractivity contribution in [3.05, 3.63) is 16.7 Å². The second-order valence-electron chi connectivity index (χ2n) is 9.53. The van der Waals surface area contributed by atoms with Crippen LogP contribution in [0.2, 0.25) is 18.1 Å². The van der Waals surface area contributed by atoms with Crippen LogP contribution in [-0.2, 0) is 14.4 Å². The van der Waals surface area contributed by atoms with Crippen molar-refractivity contribution >= 4 is 40.0 Å². The highest BCUT2D eigenvalue weighted by Crippen LogP contribution is 2.38. The fourth-order valence-electron chi connectivity index (χ4n) is 3.18. The Balaban J connectivity index is 1.83. The zero-order valence-electron chi connectivity index (χ0n) is 19.0. The van der Waals surface area contributed by atoms with Gasteiger partial charge < -0.3 is 14.1 Å². The third-order valence-electron chi connectivity index (χ3n) is 5.70. The van der Waals surface area contributed by atoms with Gasteiger partial charge in [0.15, 0.2) is 8.32 Å². The van der Waals surface area contributed by atoms with Crippen LogP contribution in [0.15, 0.2) is 16.7 Å². The summed E-state index contributed by atoms with van der Waals surface area (Å²) in [4.78, 5) is 6.64. The predicted octanol–water partition coefficient (Wildman–Crippen LogP) is 4.47. The fraction of sp³-hybridized carbons (Fsp3) is 0.750. The lowest BCUT2D eigenvalue weighted by atomic mass is 10.1. The van der Waals surface area contributed by atoms with E-state index in [9.17, 15) is 8.42 Å². The monoisotopic (exact) mass is 521 g/mol. The van der Waals surface area contributed by atoms with E-state index in [4.69, 9.17) is 9.16 Å². The maximum atomic E-state index is 11.6. The number of hydrogen-bond donors (Lipinski definition) is 1. The molecule has 2 heterocycles. The molecule has 2 rings (SSSR count). The zero-order valence-corrected chi connectivity index (χ0v) is 22.4. The predicted molar refractivity (Wildman–Crippen MR) is 128 cm³/mol. The van der Waals surface area contributed by atoms with E-state index in [0.29, 0.717) is 28.8 Å². The van der Waals surface area contributed by atoms with Gasteiger partial charge in [-0.1, -0.05) is 20.8 Å². The molecule has 1 aromatic rings. The molecule has 30 heavy (non-hydrogen) atoms. The van der Waals surface area contributed by atoms with Crippen molar-refractivity contribution in [3.63, 3.8) is 0 Å². The first-order chi connectivity index (χ1) is 13.8. The third kappa shape index (κ3) is 8.10. The van der Waals surface area contributed by atoms with Crippen LogP contribution in [0.4, 0.5) is 5.69 Å². The fourth-order valence-corrected chi connectivity index (χ4v) is 5.43. The van der Waals surface area contributed by atoms with E-state index < -0.39 is 18.3 Å². The minimum absolute atomic E-state index is 0.221. The van der Waals surface area contributed by atoms with Crippen molar-refractivity contribution in [1.82, 2.24) is 9.88 Å². The summed E-state index contributed by atoms with van der Waals surface area (Å²) in [5.41, 5.74) is 0.340. The Labute approximate surface area is 191 Å². The van der Waals surface area contributed by atoms with Crippen LogP contribution in [0.1, 0.15) is 40.0 Å². The Morgan fingerprint density at radius 1 is 1.37 bits per heavy atom. The van der Waals surface area contributed by atoms with Crippen LogP contribution in [-0.4, -0.2) is 65.2 Å². The van der Waals surface area contributed by atoms with E-state index in [2.05, 4.69) is 64.4 Å². The summed E-state index contributed by atoms with van der Waals surface area (Å²) in [5, 5.41) is 0.221. The second-order valence-corrected chi connectivity index (χ2v) is 16.9. The lowest BCUT2D eigenvalue weighted by molar-refractivity contribution is 0.0749. The smallest absolute Gasteiger partial charge is 0.238 e. The molecule has 0 spiro atoms. The van der Waals surface area contributed by atoms with Gasteiger partial charge in [0, 0.05) is 23.8 Å². The van der Waals surface area contributed by atoms with Crippen LogP contribution in [0.5, 0.6) is 5.88 Å². The van der Waals surface area contributed by atoms with Gasteiger partial charge in [-0.05, 0) is 65.9 Å². The number of piperidine rings is 1. The molecule has 1 aromatic heterocycles. The highest BCUT2D eigenvalue weighted by atomic mass is 79.9. The average Bonchev–Trinajstić information content (AvgIpc) is 2.58. The molecular formula is C20H36BrN3O4SSi. The van der Waals surface area contributed by atoms with Crippen LogP contribution in [0.3, 0.4) is 0 Å². The molecule has 10 heteroatoms. The van der Waals surface area contributed by atoms with Crippen molar-refractivity contribution in [2.75, 3.05) is 37.2 Å². The van der Waals surface area contributed by atoms with Gasteiger partial charge in [-0.2, -0.15) is 0 Å². The highest BCUT2D eigenvalue weighted by molar-refractivity contribution is 9.10. The first kappa shape index (κ1) is 25.6. The van der Waals surface area contributed by atoms with Crippen molar-refractivity contribution in [2.45, 2.75) is 64.3 Å². The Hall–Kier alpha value is -0.683. The molecule has 0 bridgehead atoms. The van der Waals surface area contributed by atoms with Crippen molar-refractivity contribution in [1.29, 1.82) is 0 Å². The molecule has 1 atom stereocenters. The molecule has 1 aliphatic rings. The molecule has 0 amide bonds. The van der Waals surface area contributed by atoms with Gasteiger partial charge in [-0.3, -0.25) is 4.72 Å². The summed E-state index contributed by atoms with van der Waals surface area (Å²) in [6.45, 7) is 14.9. The molecule has 0 aromatic carbocycles.